The molecule has 3 aromatic heterocycles. The molecule has 0 bridgehead atoms. The van der Waals surface area contributed by atoms with Crippen molar-refractivity contribution in [1.29, 1.82) is 0 Å². The predicted octanol–water partition coefficient (Wildman–Crippen LogP) is 3.58. The summed E-state index contributed by atoms with van der Waals surface area (Å²) in [5, 5.41) is 12.3. The highest BCUT2D eigenvalue weighted by Gasteiger charge is 2.17. The van der Waals surface area contributed by atoms with Gasteiger partial charge in [0.2, 0.25) is 5.95 Å². The summed E-state index contributed by atoms with van der Waals surface area (Å²) < 4.78 is 8.42. The Morgan fingerprint density at radius 1 is 1.11 bits per heavy atom. The Bertz CT molecular complexity index is 1600. The number of carbonyl (C=O) groups excluding carboxylic acids is 1. The maximum Gasteiger partial charge on any atom is 0.263 e. The number of anilines is 1. The molecule has 35 heavy (non-hydrogen) atoms. The van der Waals surface area contributed by atoms with Crippen molar-refractivity contribution in [3.63, 3.8) is 0 Å². The van der Waals surface area contributed by atoms with Crippen LogP contribution in [0.3, 0.4) is 0 Å². The number of aromatic nitrogens is 6. The van der Waals surface area contributed by atoms with Crippen LogP contribution in [0, 0.1) is 13.8 Å². The van der Waals surface area contributed by atoms with Crippen molar-refractivity contribution in [1.82, 2.24) is 29.5 Å². The van der Waals surface area contributed by atoms with Crippen LogP contribution in [-0.2, 0) is 4.79 Å². The van der Waals surface area contributed by atoms with E-state index >= 15 is 0 Å². The standard InChI is InChI=1S/C24H20ClN7O3/c1-14-6-8-18(9-7-14)35-13-21(33)27-20-10-15(2)30-32(20)24-28-22-19(23(34)29-24)12-26-31(22)17-5-3-4-16(25)11-17/h3-12H,13H2,1-2H3,(H,27,33)(H,28,29,34). The van der Waals surface area contributed by atoms with Gasteiger partial charge in [0.15, 0.2) is 12.3 Å². The number of halogens is 1. The van der Waals surface area contributed by atoms with Crippen LogP contribution < -0.4 is 15.6 Å². The minimum atomic E-state index is -0.397. The number of aryl methyl sites for hydroxylation is 2. The fraction of sp³-hybridized carbons (Fsp3) is 0.125. The van der Waals surface area contributed by atoms with Gasteiger partial charge < -0.3 is 10.1 Å². The van der Waals surface area contributed by atoms with E-state index in [1.165, 1.54) is 15.6 Å². The van der Waals surface area contributed by atoms with Crippen LogP contribution in [-0.4, -0.2) is 42.0 Å². The molecule has 3 heterocycles. The first-order valence-corrected chi connectivity index (χ1v) is 11.1. The first-order valence-electron chi connectivity index (χ1n) is 10.7. The van der Waals surface area contributed by atoms with Crippen LogP contribution in [0.2, 0.25) is 5.02 Å². The number of amides is 1. The van der Waals surface area contributed by atoms with Crippen molar-refractivity contribution >= 4 is 34.4 Å². The summed E-state index contributed by atoms with van der Waals surface area (Å²) in [5.41, 5.74) is 2.28. The number of benzene rings is 2. The van der Waals surface area contributed by atoms with Gasteiger partial charge in [-0.3, -0.25) is 14.6 Å². The summed E-state index contributed by atoms with van der Waals surface area (Å²) in [4.78, 5) is 32.6. The summed E-state index contributed by atoms with van der Waals surface area (Å²) in [6.07, 6.45) is 1.44. The Balaban J connectivity index is 1.45. The van der Waals surface area contributed by atoms with E-state index in [0.717, 1.165) is 5.56 Å². The predicted molar refractivity (Wildman–Crippen MR) is 132 cm³/mol. The Kier molecular flexibility index (Phi) is 5.79. The molecule has 0 aliphatic heterocycles. The first kappa shape index (κ1) is 22.4. The van der Waals surface area contributed by atoms with E-state index < -0.39 is 5.56 Å². The topological polar surface area (TPSA) is 120 Å². The Hall–Kier alpha value is -4.44. The maximum atomic E-state index is 12.8. The molecule has 0 spiro atoms. The van der Waals surface area contributed by atoms with Crippen molar-refractivity contribution < 1.29 is 9.53 Å². The molecule has 0 saturated heterocycles. The number of aromatic amines is 1. The molecule has 0 radical (unpaired) electrons. The smallest absolute Gasteiger partial charge is 0.263 e. The third-order valence-electron chi connectivity index (χ3n) is 5.17. The molecule has 10 nitrogen and oxygen atoms in total. The third kappa shape index (κ3) is 4.64. The quantitative estimate of drug-likeness (QED) is 0.376. The number of carbonyl (C=O) groups is 1. The molecule has 2 N–H and O–H groups in total. The number of fused-ring (bicyclic) bond motifs is 1. The molecule has 0 aliphatic rings. The maximum absolute atomic E-state index is 12.8. The molecule has 0 aliphatic carbocycles. The van der Waals surface area contributed by atoms with Crippen molar-refractivity contribution in [2.75, 3.05) is 11.9 Å². The van der Waals surface area contributed by atoms with E-state index in [9.17, 15) is 9.59 Å². The van der Waals surface area contributed by atoms with E-state index in [4.69, 9.17) is 16.3 Å². The van der Waals surface area contributed by atoms with E-state index in [2.05, 4.69) is 25.5 Å². The van der Waals surface area contributed by atoms with Gasteiger partial charge in [-0.25, -0.2) is 4.68 Å². The lowest BCUT2D eigenvalue weighted by Crippen LogP contribution is -2.23. The van der Waals surface area contributed by atoms with Gasteiger partial charge in [-0.2, -0.15) is 19.9 Å². The molecule has 0 atom stereocenters. The van der Waals surface area contributed by atoms with Crippen LogP contribution in [0.25, 0.3) is 22.7 Å². The Labute approximate surface area is 204 Å². The average Bonchev–Trinajstić information content (AvgIpc) is 3.42. The van der Waals surface area contributed by atoms with Crippen LogP contribution in [0.15, 0.2) is 65.6 Å². The SMILES string of the molecule is Cc1ccc(OCC(=O)Nc2cc(C)nn2-c2nc3c(cnn3-c3cccc(Cl)c3)c(=O)[nH]2)cc1. The van der Waals surface area contributed by atoms with Gasteiger partial charge in [0.1, 0.15) is 17.0 Å². The summed E-state index contributed by atoms with van der Waals surface area (Å²) >= 11 is 6.12. The second-order valence-corrected chi connectivity index (χ2v) is 8.33. The number of ether oxygens (including phenoxy) is 1. The highest BCUT2D eigenvalue weighted by molar-refractivity contribution is 6.30. The molecule has 2 aromatic carbocycles. The van der Waals surface area contributed by atoms with Crippen LogP contribution in [0.5, 0.6) is 5.75 Å². The molecule has 11 heteroatoms. The zero-order valence-corrected chi connectivity index (χ0v) is 19.6. The van der Waals surface area contributed by atoms with Gasteiger partial charge in [-0.05, 0) is 44.2 Å². The lowest BCUT2D eigenvalue weighted by atomic mass is 10.2. The molecule has 5 aromatic rings. The van der Waals surface area contributed by atoms with E-state index in [0.29, 0.717) is 39.0 Å². The van der Waals surface area contributed by atoms with Gasteiger partial charge in [-0.15, -0.1) is 0 Å². The fourth-order valence-electron chi connectivity index (χ4n) is 3.52. The Morgan fingerprint density at radius 2 is 1.91 bits per heavy atom. The zero-order valence-electron chi connectivity index (χ0n) is 18.8. The van der Waals surface area contributed by atoms with E-state index in [1.54, 1.807) is 49.4 Å². The highest BCUT2D eigenvalue weighted by Crippen LogP contribution is 2.20. The van der Waals surface area contributed by atoms with Crippen LogP contribution in [0.1, 0.15) is 11.3 Å². The number of nitrogens with zero attached hydrogens (tertiary/aromatic N) is 5. The first-order chi connectivity index (χ1) is 16.9. The summed E-state index contributed by atoms with van der Waals surface area (Å²) in [6.45, 7) is 3.54. The lowest BCUT2D eigenvalue weighted by Gasteiger charge is -2.10. The van der Waals surface area contributed by atoms with Crippen LogP contribution in [0.4, 0.5) is 5.82 Å². The van der Waals surface area contributed by atoms with Gasteiger partial charge in [0.05, 0.1) is 17.6 Å². The van der Waals surface area contributed by atoms with Crippen molar-refractivity contribution in [3.05, 3.63) is 87.4 Å². The molecule has 0 saturated carbocycles. The van der Waals surface area contributed by atoms with E-state index in [-0.39, 0.29) is 18.5 Å². The second kappa shape index (κ2) is 9.07. The number of hydrogen-bond acceptors (Lipinski definition) is 6. The number of rotatable bonds is 6. The largest absolute Gasteiger partial charge is 0.484 e. The molecule has 0 unspecified atom stereocenters. The monoisotopic (exact) mass is 489 g/mol. The molecular formula is C24H20ClN7O3. The third-order valence-corrected chi connectivity index (χ3v) is 5.40. The Morgan fingerprint density at radius 3 is 2.69 bits per heavy atom. The van der Waals surface area contributed by atoms with Crippen molar-refractivity contribution in [3.8, 4) is 17.4 Å². The second-order valence-electron chi connectivity index (χ2n) is 7.90. The van der Waals surface area contributed by atoms with Gasteiger partial charge in [-0.1, -0.05) is 35.4 Å². The fourth-order valence-corrected chi connectivity index (χ4v) is 3.70. The summed E-state index contributed by atoms with van der Waals surface area (Å²) in [7, 11) is 0. The van der Waals surface area contributed by atoms with Gasteiger partial charge >= 0.3 is 0 Å². The van der Waals surface area contributed by atoms with Gasteiger partial charge in [0.25, 0.3) is 11.5 Å². The molecule has 1 amide bonds. The molecular weight excluding hydrogens is 470 g/mol. The van der Waals surface area contributed by atoms with Crippen LogP contribution >= 0.6 is 11.6 Å². The summed E-state index contributed by atoms with van der Waals surface area (Å²) in [6, 6.07) is 16.1. The van der Waals surface area contributed by atoms with Crippen molar-refractivity contribution in [2.24, 2.45) is 0 Å². The highest BCUT2D eigenvalue weighted by atomic mass is 35.5. The average molecular weight is 490 g/mol. The van der Waals surface area contributed by atoms with Gasteiger partial charge in [0, 0.05) is 11.1 Å². The normalized spacial score (nSPS) is 11.1. The van der Waals surface area contributed by atoms with Crippen molar-refractivity contribution in [2.45, 2.75) is 13.8 Å². The van der Waals surface area contributed by atoms with E-state index in [1.807, 2.05) is 19.1 Å². The molecule has 176 valence electrons. The molecule has 0 fully saturated rings. The minimum Gasteiger partial charge on any atom is -0.484 e. The number of nitrogens with one attached hydrogen (secondary N) is 2. The zero-order chi connectivity index (χ0) is 24.5. The lowest BCUT2D eigenvalue weighted by molar-refractivity contribution is -0.118. The molecule has 5 rings (SSSR count). The summed E-state index contributed by atoms with van der Waals surface area (Å²) in [5.74, 6) is 0.644. The number of H-pyrrole nitrogens is 1. The number of hydrogen-bond donors (Lipinski definition) is 2. The minimum absolute atomic E-state index is 0.120.